The van der Waals surface area contributed by atoms with Crippen LogP contribution in [0.5, 0.6) is 0 Å². The molecule has 0 saturated carbocycles. The lowest BCUT2D eigenvalue weighted by molar-refractivity contribution is 0.112. The van der Waals surface area contributed by atoms with Crippen LogP contribution in [0.4, 0.5) is 0 Å². The van der Waals surface area contributed by atoms with E-state index in [4.69, 9.17) is 11.6 Å². The number of rotatable bonds is 5. The van der Waals surface area contributed by atoms with Crippen LogP contribution in [0.3, 0.4) is 0 Å². The summed E-state index contributed by atoms with van der Waals surface area (Å²) >= 11 is 7.62. The van der Waals surface area contributed by atoms with Crippen LogP contribution < -0.4 is 0 Å². The van der Waals surface area contributed by atoms with Gasteiger partial charge in [-0.3, -0.25) is 4.79 Å². The van der Waals surface area contributed by atoms with Crippen molar-refractivity contribution in [2.24, 2.45) is 5.92 Å². The van der Waals surface area contributed by atoms with Crippen molar-refractivity contribution in [3.05, 3.63) is 28.8 Å². The number of hydrogen-bond donors (Lipinski definition) is 0. The molecule has 0 unspecified atom stereocenters. The maximum absolute atomic E-state index is 10.8. The van der Waals surface area contributed by atoms with Gasteiger partial charge in [0.2, 0.25) is 0 Å². The molecule has 0 spiro atoms. The average molecular weight is 243 g/mol. The highest BCUT2D eigenvalue weighted by Crippen LogP contribution is 2.28. The second-order valence-corrected chi connectivity index (χ2v) is 5.34. The van der Waals surface area contributed by atoms with Crippen molar-refractivity contribution < 1.29 is 4.79 Å². The molecule has 0 heterocycles. The molecule has 0 amide bonds. The van der Waals surface area contributed by atoms with Gasteiger partial charge in [-0.05, 0) is 30.2 Å². The SMILES string of the molecule is CC(C)CCSc1cccc(Cl)c1C=O. The Morgan fingerprint density at radius 3 is 2.80 bits per heavy atom. The molecule has 0 N–H and O–H groups in total. The molecule has 1 rings (SSSR count). The Kier molecular flexibility index (Phi) is 5.20. The molecule has 1 aromatic rings. The topological polar surface area (TPSA) is 17.1 Å². The first-order chi connectivity index (χ1) is 7.15. The van der Waals surface area contributed by atoms with Crippen LogP contribution in [0.2, 0.25) is 5.02 Å². The van der Waals surface area contributed by atoms with Gasteiger partial charge in [0, 0.05) is 10.5 Å². The van der Waals surface area contributed by atoms with Crippen LogP contribution in [-0.2, 0) is 0 Å². The van der Waals surface area contributed by atoms with Crippen LogP contribution in [-0.4, -0.2) is 12.0 Å². The summed E-state index contributed by atoms with van der Waals surface area (Å²) in [6, 6.07) is 5.57. The fraction of sp³-hybridized carbons (Fsp3) is 0.417. The van der Waals surface area contributed by atoms with Crippen LogP contribution in [0.1, 0.15) is 30.6 Å². The van der Waals surface area contributed by atoms with E-state index < -0.39 is 0 Å². The first-order valence-electron chi connectivity index (χ1n) is 5.01. The zero-order valence-corrected chi connectivity index (χ0v) is 10.6. The molecule has 82 valence electrons. The Balaban J connectivity index is 2.68. The molecule has 0 aromatic heterocycles. The fourth-order valence-corrected chi connectivity index (χ4v) is 2.73. The smallest absolute Gasteiger partial charge is 0.152 e. The first-order valence-corrected chi connectivity index (χ1v) is 6.38. The van der Waals surface area contributed by atoms with E-state index in [2.05, 4.69) is 13.8 Å². The van der Waals surface area contributed by atoms with Gasteiger partial charge in [0.25, 0.3) is 0 Å². The van der Waals surface area contributed by atoms with Crippen molar-refractivity contribution in [3.8, 4) is 0 Å². The standard InChI is InChI=1S/C12H15ClOS/c1-9(2)6-7-15-12-5-3-4-11(13)10(12)8-14/h3-5,8-9H,6-7H2,1-2H3. The van der Waals surface area contributed by atoms with E-state index in [-0.39, 0.29) is 0 Å². The van der Waals surface area contributed by atoms with Gasteiger partial charge >= 0.3 is 0 Å². The molecule has 1 aromatic carbocycles. The molecule has 0 aliphatic heterocycles. The molecule has 0 aliphatic carbocycles. The number of carbonyl (C=O) groups excluding carboxylic acids is 1. The maximum atomic E-state index is 10.8. The monoisotopic (exact) mass is 242 g/mol. The Hall–Kier alpha value is -0.470. The van der Waals surface area contributed by atoms with Gasteiger partial charge in [-0.15, -0.1) is 11.8 Å². The Morgan fingerprint density at radius 1 is 1.47 bits per heavy atom. The lowest BCUT2D eigenvalue weighted by Crippen LogP contribution is -1.92. The molecule has 0 aliphatic rings. The molecule has 1 nitrogen and oxygen atoms in total. The van der Waals surface area contributed by atoms with Gasteiger partial charge in [0.1, 0.15) is 0 Å². The molecule has 0 radical (unpaired) electrons. The Bertz CT molecular complexity index is 336. The summed E-state index contributed by atoms with van der Waals surface area (Å²) in [6.07, 6.45) is 1.98. The zero-order chi connectivity index (χ0) is 11.3. The number of halogens is 1. The van der Waals surface area contributed by atoms with Gasteiger partial charge in [-0.2, -0.15) is 0 Å². The number of aldehydes is 1. The van der Waals surface area contributed by atoms with Gasteiger partial charge in [0.05, 0.1) is 5.02 Å². The Morgan fingerprint density at radius 2 is 2.20 bits per heavy atom. The molecule has 3 heteroatoms. The van der Waals surface area contributed by atoms with Crippen molar-refractivity contribution in [2.75, 3.05) is 5.75 Å². The van der Waals surface area contributed by atoms with Crippen LogP contribution >= 0.6 is 23.4 Å². The van der Waals surface area contributed by atoms with E-state index >= 15 is 0 Å². The second kappa shape index (κ2) is 6.19. The first kappa shape index (κ1) is 12.6. The summed E-state index contributed by atoms with van der Waals surface area (Å²) in [6.45, 7) is 4.39. The van der Waals surface area contributed by atoms with Crippen LogP contribution in [0.25, 0.3) is 0 Å². The predicted octanol–water partition coefficient (Wildman–Crippen LogP) is 4.29. The quantitative estimate of drug-likeness (QED) is 0.566. The normalized spacial score (nSPS) is 10.7. The van der Waals surface area contributed by atoms with E-state index in [9.17, 15) is 4.79 Å². The van der Waals surface area contributed by atoms with E-state index in [0.717, 1.165) is 23.4 Å². The van der Waals surface area contributed by atoms with Gasteiger partial charge in [-0.1, -0.05) is 31.5 Å². The molecule has 0 bridgehead atoms. The summed E-state index contributed by atoms with van der Waals surface area (Å²) in [4.78, 5) is 11.8. The summed E-state index contributed by atoms with van der Waals surface area (Å²) in [5.74, 6) is 1.72. The van der Waals surface area contributed by atoms with Crippen molar-refractivity contribution in [1.82, 2.24) is 0 Å². The molecule has 15 heavy (non-hydrogen) atoms. The molecular formula is C12H15ClOS. The molecule has 0 fully saturated rings. The van der Waals surface area contributed by atoms with E-state index in [1.807, 2.05) is 12.1 Å². The summed E-state index contributed by atoms with van der Waals surface area (Å²) in [5.41, 5.74) is 0.618. The van der Waals surface area contributed by atoms with Crippen LogP contribution in [0.15, 0.2) is 23.1 Å². The zero-order valence-electron chi connectivity index (χ0n) is 9.00. The summed E-state index contributed by atoms with van der Waals surface area (Å²) in [5, 5.41) is 0.541. The minimum atomic E-state index is 0.541. The average Bonchev–Trinajstić information content (AvgIpc) is 2.17. The summed E-state index contributed by atoms with van der Waals surface area (Å²) < 4.78 is 0. The van der Waals surface area contributed by atoms with E-state index in [1.165, 1.54) is 0 Å². The van der Waals surface area contributed by atoms with Gasteiger partial charge in [-0.25, -0.2) is 0 Å². The second-order valence-electron chi connectivity index (χ2n) is 3.80. The Labute approximate surface area is 100 Å². The maximum Gasteiger partial charge on any atom is 0.152 e. The fourth-order valence-electron chi connectivity index (χ4n) is 1.16. The van der Waals surface area contributed by atoms with E-state index in [1.54, 1.807) is 17.8 Å². The molecular weight excluding hydrogens is 228 g/mol. The van der Waals surface area contributed by atoms with Crippen molar-refractivity contribution in [2.45, 2.75) is 25.2 Å². The van der Waals surface area contributed by atoms with Gasteiger partial charge in [0.15, 0.2) is 6.29 Å². The highest BCUT2D eigenvalue weighted by Gasteiger charge is 2.06. The number of hydrogen-bond acceptors (Lipinski definition) is 2. The summed E-state index contributed by atoms with van der Waals surface area (Å²) in [7, 11) is 0. The highest BCUT2D eigenvalue weighted by atomic mass is 35.5. The number of carbonyl (C=O) groups is 1. The molecule has 0 saturated heterocycles. The minimum absolute atomic E-state index is 0.541. The predicted molar refractivity (Wildman–Crippen MR) is 67.0 cm³/mol. The van der Waals surface area contributed by atoms with Gasteiger partial charge < -0.3 is 0 Å². The number of benzene rings is 1. The van der Waals surface area contributed by atoms with Crippen molar-refractivity contribution in [1.29, 1.82) is 0 Å². The van der Waals surface area contributed by atoms with E-state index in [0.29, 0.717) is 16.5 Å². The lowest BCUT2D eigenvalue weighted by Gasteiger charge is -2.07. The largest absolute Gasteiger partial charge is 0.298 e. The molecule has 0 atom stereocenters. The van der Waals surface area contributed by atoms with Crippen molar-refractivity contribution in [3.63, 3.8) is 0 Å². The third kappa shape index (κ3) is 3.88. The number of thioether (sulfide) groups is 1. The third-order valence-corrected chi connectivity index (χ3v) is 3.52. The third-order valence-electron chi connectivity index (χ3n) is 2.08. The van der Waals surface area contributed by atoms with Crippen molar-refractivity contribution >= 4 is 29.6 Å². The van der Waals surface area contributed by atoms with Crippen LogP contribution in [0, 0.1) is 5.92 Å². The minimum Gasteiger partial charge on any atom is -0.298 e. The lowest BCUT2D eigenvalue weighted by atomic mass is 10.2. The highest BCUT2D eigenvalue weighted by molar-refractivity contribution is 7.99.